The van der Waals surface area contributed by atoms with Gasteiger partial charge in [0, 0.05) is 29.4 Å². The van der Waals surface area contributed by atoms with Crippen LogP contribution in [0.1, 0.15) is 28.5 Å². The SMILES string of the molecule is CCOC(=O)/C(Cc1c(COc2ccc(Cl)cc2)n(C)c2ccccc12)=N\OC(=O)c1ccccc1. The van der Waals surface area contributed by atoms with Crippen molar-refractivity contribution in [3.63, 3.8) is 0 Å². The Morgan fingerprint density at radius 1 is 0.944 bits per heavy atom. The number of aryl methyl sites for hydroxylation is 1. The van der Waals surface area contributed by atoms with Crippen LogP contribution in [-0.4, -0.2) is 28.8 Å². The molecule has 184 valence electrons. The van der Waals surface area contributed by atoms with Gasteiger partial charge in [-0.15, -0.1) is 0 Å². The van der Waals surface area contributed by atoms with E-state index in [0.29, 0.717) is 16.3 Å². The van der Waals surface area contributed by atoms with Crippen LogP contribution in [0.2, 0.25) is 5.02 Å². The van der Waals surface area contributed by atoms with Crippen molar-refractivity contribution < 1.29 is 23.9 Å². The Hall–Kier alpha value is -4.10. The number of carbonyl (C=O) groups excluding carboxylic acids is 2. The smallest absolute Gasteiger partial charge is 0.365 e. The summed E-state index contributed by atoms with van der Waals surface area (Å²) >= 11 is 5.98. The number of halogens is 1. The van der Waals surface area contributed by atoms with Crippen molar-refractivity contribution in [3.8, 4) is 5.75 Å². The summed E-state index contributed by atoms with van der Waals surface area (Å²) in [6, 6.07) is 23.4. The molecule has 36 heavy (non-hydrogen) atoms. The van der Waals surface area contributed by atoms with Crippen LogP contribution in [0.15, 0.2) is 84.0 Å². The monoisotopic (exact) mass is 504 g/mol. The molecule has 3 aromatic carbocycles. The van der Waals surface area contributed by atoms with Crippen molar-refractivity contribution in [2.75, 3.05) is 6.61 Å². The molecule has 1 heterocycles. The van der Waals surface area contributed by atoms with E-state index in [1.807, 2.05) is 35.9 Å². The molecule has 4 rings (SSSR count). The number of oxime groups is 1. The van der Waals surface area contributed by atoms with Crippen LogP contribution >= 0.6 is 11.6 Å². The van der Waals surface area contributed by atoms with Crippen LogP contribution in [0.5, 0.6) is 5.75 Å². The van der Waals surface area contributed by atoms with Crippen LogP contribution in [0, 0.1) is 0 Å². The summed E-state index contributed by atoms with van der Waals surface area (Å²) in [6.45, 7) is 2.10. The van der Waals surface area contributed by atoms with E-state index in [4.69, 9.17) is 25.9 Å². The summed E-state index contributed by atoms with van der Waals surface area (Å²) in [5, 5.41) is 5.48. The molecule has 0 saturated carbocycles. The number of carbonyl (C=O) groups is 2. The lowest BCUT2D eigenvalue weighted by Gasteiger charge is -2.11. The molecule has 0 fully saturated rings. The van der Waals surface area contributed by atoms with Crippen molar-refractivity contribution in [3.05, 3.63) is 101 Å². The number of nitrogens with zero attached hydrogens (tertiary/aromatic N) is 2. The zero-order chi connectivity index (χ0) is 25.5. The first-order valence-electron chi connectivity index (χ1n) is 11.4. The standard InChI is InChI=1S/C28H25ClN2O5/c1-3-34-28(33)24(30-36-27(32)19-9-5-4-6-10-19)17-23-22-11-7-8-12-25(22)31(2)26(23)18-35-21-15-13-20(29)14-16-21/h4-16H,3,17-18H2,1-2H3/b30-24-. The number of aromatic nitrogens is 1. The summed E-state index contributed by atoms with van der Waals surface area (Å²) < 4.78 is 13.2. The highest BCUT2D eigenvalue weighted by molar-refractivity contribution is 6.37. The quantitative estimate of drug-likeness (QED) is 0.126. The van der Waals surface area contributed by atoms with Gasteiger partial charge in [-0.3, -0.25) is 0 Å². The number of benzene rings is 3. The van der Waals surface area contributed by atoms with E-state index in [1.165, 1.54) is 0 Å². The van der Waals surface area contributed by atoms with E-state index < -0.39 is 11.9 Å². The summed E-state index contributed by atoms with van der Waals surface area (Å²) in [5.74, 6) is -0.663. The van der Waals surface area contributed by atoms with Crippen molar-refractivity contribution in [1.29, 1.82) is 0 Å². The van der Waals surface area contributed by atoms with Gasteiger partial charge in [0.05, 0.1) is 17.9 Å². The van der Waals surface area contributed by atoms with Crippen LogP contribution in [0.4, 0.5) is 0 Å². The average Bonchev–Trinajstić information content (AvgIpc) is 3.17. The second-order valence-corrected chi connectivity index (χ2v) is 8.36. The average molecular weight is 505 g/mol. The van der Waals surface area contributed by atoms with Crippen LogP contribution in [0.3, 0.4) is 0 Å². The first kappa shape index (κ1) is 25.0. The van der Waals surface area contributed by atoms with Gasteiger partial charge in [-0.25, -0.2) is 9.59 Å². The van der Waals surface area contributed by atoms with Gasteiger partial charge < -0.3 is 18.9 Å². The number of hydrogen-bond acceptors (Lipinski definition) is 6. The number of hydrogen-bond donors (Lipinski definition) is 0. The second-order valence-electron chi connectivity index (χ2n) is 7.92. The molecule has 4 aromatic rings. The van der Waals surface area contributed by atoms with E-state index in [0.717, 1.165) is 22.2 Å². The summed E-state index contributed by atoms with van der Waals surface area (Å²) in [6.07, 6.45) is 0.0849. The normalized spacial score (nSPS) is 11.4. The predicted octanol–water partition coefficient (Wildman–Crippen LogP) is 5.73. The molecule has 8 heteroatoms. The molecule has 0 amide bonds. The van der Waals surface area contributed by atoms with E-state index in [1.54, 1.807) is 61.5 Å². The third kappa shape index (κ3) is 5.75. The maximum atomic E-state index is 12.8. The van der Waals surface area contributed by atoms with E-state index in [9.17, 15) is 9.59 Å². The summed E-state index contributed by atoms with van der Waals surface area (Å²) in [4.78, 5) is 30.3. The summed E-state index contributed by atoms with van der Waals surface area (Å²) in [7, 11) is 1.93. The molecular weight excluding hydrogens is 480 g/mol. The molecule has 7 nitrogen and oxygen atoms in total. The molecule has 0 aliphatic heterocycles. The molecule has 0 spiro atoms. The van der Waals surface area contributed by atoms with Crippen LogP contribution < -0.4 is 4.74 Å². The number of fused-ring (bicyclic) bond motifs is 1. The van der Waals surface area contributed by atoms with Crippen LogP contribution in [0.25, 0.3) is 10.9 Å². The van der Waals surface area contributed by atoms with Gasteiger partial charge in [-0.1, -0.05) is 53.2 Å². The van der Waals surface area contributed by atoms with Crippen molar-refractivity contribution >= 4 is 40.2 Å². The largest absolute Gasteiger partial charge is 0.487 e. The fourth-order valence-corrected chi connectivity index (χ4v) is 3.96. The fraction of sp³-hybridized carbons (Fsp3) is 0.179. The Kier molecular flexibility index (Phi) is 8.02. The molecule has 0 radical (unpaired) electrons. The molecular formula is C28H25ClN2O5. The maximum absolute atomic E-state index is 12.8. The summed E-state index contributed by atoms with van der Waals surface area (Å²) in [5.41, 5.74) is 2.94. The highest BCUT2D eigenvalue weighted by Crippen LogP contribution is 2.28. The van der Waals surface area contributed by atoms with Gasteiger partial charge in [0.25, 0.3) is 0 Å². The minimum atomic E-state index is -0.665. The minimum Gasteiger partial charge on any atom is -0.487 e. The lowest BCUT2D eigenvalue weighted by molar-refractivity contribution is -0.135. The highest BCUT2D eigenvalue weighted by atomic mass is 35.5. The Morgan fingerprint density at radius 2 is 1.64 bits per heavy atom. The van der Waals surface area contributed by atoms with Gasteiger partial charge in [-0.2, -0.15) is 0 Å². The Balaban J connectivity index is 1.67. The third-order valence-corrected chi connectivity index (χ3v) is 5.89. The Labute approximate surface area is 213 Å². The molecule has 0 saturated heterocycles. The predicted molar refractivity (Wildman–Crippen MR) is 138 cm³/mol. The lowest BCUT2D eigenvalue weighted by Crippen LogP contribution is -2.22. The molecule has 0 bridgehead atoms. The minimum absolute atomic E-state index is 0.0229. The maximum Gasteiger partial charge on any atom is 0.365 e. The van der Waals surface area contributed by atoms with Gasteiger partial charge in [-0.05, 0) is 55.0 Å². The van der Waals surface area contributed by atoms with E-state index in [2.05, 4.69) is 5.16 Å². The molecule has 0 unspecified atom stereocenters. The molecule has 0 aliphatic rings. The molecule has 0 atom stereocenters. The number of esters is 1. The zero-order valence-corrected chi connectivity index (χ0v) is 20.7. The van der Waals surface area contributed by atoms with Crippen LogP contribution in [-0.2, 0) is 34.4 Å². The van der Waals surface area contributed by atoms with Gasteiger partial charge in [0.2, 0.25) is 0 Å². The lowest BCUT2D eigenvalue weighted by atomic mass is 10.0. The second kappa shape index (κ2) is 11.6. The molecule has 0 N–H and O–H groups in total. The zero-order valence-electron chi connectivity index (χ0n) is 19.9. The van der Waals surface area contributed by atoms with E-state index in [-0.39, 0.29) is 25.3 Å². The third-order valence-electron chi connectivity index (χ3n) is 5.64. The fourth-order valence-electron chi connectivity index (χ4n) is 3.84. The molecule has 0 aliphatic carbocycles. The Bertz CT molecular complexity index is 1390. The van der Waals surface area contributed by atoms with Gasteiger partial charge >= 0.3 is 11.9 Å². The van der Waals surface area contributed by atoms with Crippen molar-refractivity contribution in [2.45, 2.75) is 20.0 Å². The topological polar surface area (TPSA) is 79.1 Å². The first-order valence-corrected chi connectivity index (χ1v) is 11.8. The van der Waals surface area contributed by atoms with Gasteiger partial charge in [0.1, 0.15) is 12.4 Å². The molecule has 1 aromatic heterocycles. The number of rotatable bonds is 9. The van der Waals surface area contributed by atoms with Crippen molar-refractivity contribution in [1.82, 2.24) is 4.57 Å². The van der Waals surface area contributed by atoms with Crippen molar-refractivity contribution in [2.24, 2.45) is 12.2 Å². The van der Waals surface area contributed by atoms with E-state index >= 15 is 0 Å². The Morgan fingerprint density at radius 3 is 2.36 bits per heavy atom. The number of para-hydroxylation sites is 1. The van der Waals surface area contributed by atoms with Gasteiger partial charge in [0.15, 0.2) is 5.71 Å². The highest BCUT2D eigenvalue weighted by Gasteiger charge is 2.23. The number of ether oxygens (including phenoxy) is 2. The first-order chi connectivity index (χ1) is 17.5.